The van der Waals surface area contributed by atoms with Crippen molar-refractivity contribution in [1.29, 1.82) is 0 Å². The normalized spacial score (nSPS) is 13.6. The minimum Gasteiger partial charge on any atom is -0.0619 e. The summed E-state index contributed by atoms with van der Waals surface area (Å²) >= 11 is 0. The second-order valence-corrected chi connectivity index (χ2v) is 11.0. The van der Waals surface area contributed by atoms with Gasteiger partial charge in [0.2, 0.25) is 0 Å². The van der Waals surface area contributed by atoms with Gasteiger partial charge in [-0.3, -0.25) is 0 Å². The maximum Gasteiger partial charge on any atom is 0.0159 e. The summed E-state index contributed by atoms with van der Waals surface area (Å²) in [5.41, 5.74) is 13.5. The molecule has 0 nitrogen and oxygen atoms in total. The molecule has 1 aliphatic rings. The van der Waals surface area contributed by atoms with E-state index in [1.54, 1.807) is 0 Å². The van der Waals surface area contributed by atoms with Crippen LogP contribution in [0, 0.1) is 13.8 Å². The van der Waals surface area contributed by atoms with Crippen molar-refractivity contribution in [1.82, 2.24) is 0 Å². The Kier molecular flexibility index (Phi) is 4.72. The summed E-state index contributed by atoms with van der Waals surface area (Å²) in [6.45, 7) is 9.29. The molecule has 6 aromatic carbocycles. The first-order chi connectivity index (χ1) is 17.9. The maximum atomic E-state index is 2.46. The molecule has 37 heavy (non-hydrogen) atoms. The largest absolute Gasteiger partial charge is 0.0619 e. The minimum absolute atomic E-state index is 0.0157. The van der Waals surface area contributed by atoms with Crippen molar-refractivity contribution < 1.29 is 0 Å². The van der Waals surface area contributed by atoms with Gasteiger partial charge in [0.1, 0.15) is 0 Å². The van der Waals surface area contributed by atoms with Crippen molar-refractivity contribution >= 4 is 21.5 Å². The zero-order valence-corrected chi connectivity index (χ0v) is 21.9. The molecule has 178 valence electrons. The lowest BCUT2D eigenvalue weighted by Gasteiger charge is -2.23. The van der Waals surface area contributed by atoms with Crippen LogP contribution in [0.5, 0.6) is 0 Å². The van der Waals surface area contributed by atoms with E-state index in [4.69, 9.17) is 0 Å². The Hall–Kier alpha value is -4.16. The molecule has 0 aliphatic heterocycles. The minimum atomic E-state index is -0.0157. The van der Waals surface area contributed by atoms with Gasteiger partial charge in [-0.15, -0.1) is 0 Å². The van der Waals surface area contributed by atoms with Gasteiger partial charge in [-0.25, -0.2) is 0 Å². The van der Waals surface area contributed by atoms with E-state index in [2.05, 4.69) is 137 Å². The molecule has 0 spiro atoms. The van der Waals surface area contributed by atoms with Crippen molar-refractivity contribution in [3.05, 3.63) is 131 Å². The lowest BCUT2D eigenvalue weighted by atomic mass is 9.80. The van der Waals surface area contributed by atoms with Crippen molar-refractivity contribution in [3.63, 3.8) is 0 Å². The molecule has 0 aromatic heterocycles. The van der Waals surface area contributed by atoms with Gasteiger partial charge in [0.25, 0.3) is 0 Å². The molecule has 0 heterocycles. The number of fused-ring (bicyclic) bond motifs is 5. The van der Waals surface area contributed by atoms with E-state index in [9.17, 15) is 0 Å². The van der Waals surface area contributed by atoms with Crippen molar-refractivity contribution in [2.24, 2.45) is 0 Å². The Morgan fingerprint density at radius 1 is 0.459 bits per heavy atom. The molecular weight excluding hydrogens is 444 g/mol. The van der Waals surface area contributed by atoms with Gasteiger partial charge in [0.05, 0.1) is 0 Å². The van der Waals surface area contributed by atoms with Crippen LogP contribution in [0.4, 0.5) is 0 Å². The fourth-order valence-electron chi connectivity index (χ4n) is 6.68. The molecule has 6 aromatic rings. The second-order valence-electron chi connectivity index (χ2n) is 11.0. The molecule has 0 heteroatoms. The van der Waals surface area contributed by atoms with E-state index in [0.29, 0.717) is 0 Å². The highest BCUT2D eigenvalue weighted by Crippen LogP contribution is 2.50. The molecule has 7 rings (SSSR count). The third-order valence-electron chi connectivity index (χ3n) is 8.67. The number of benzene rings is 6. The van der Waals surface area contributed by atoms with Gasteiger partial charge in [0.15, 0.2) is 0 Å². The predicted molar refractivity (Wildman–Crippen MR) is 159 cm³/mol. The summed E-state index contributed by atoms with van der Waals surface area (Å²) in [6, 6.07) is 40.5. The van der Waals surface area contributed by atoms with Crippen molar-refractivity contribution in [2.45, 2.75) is 33.1 Å². The maximum absolute atomic E-state index is 2.46. The van der Waals surface area contributed by atoms with Crippen LogP contribution in [0.15, 0.2) is 109 Å². The first kappa shape index (κ1) is 22.1. The third-order valence-corrected chi connectivity index (χ3v) is 8.67. The van der Waals surface area contributed by atoms with E-state index >= 15 is 0 Å². The zero-order valence-electron chi connectivity index (χ0n) is 21.9. The molecule has 0 fully saturated rings. The summed E-state index contributed by atoms with van der Waals surface area (Å²) in [5.74, 6) is 0. The first-order valence-electron chi connectivity index (χ1n) is 13.2. The van der Waals surface area contributed by atoms with Crippen molar-refractivity contribution in [2.75, 3.05) is 0 Å². The number of hydrogen-bond acceptors (Lipinski definition) is 0. The van der Waals surface area contributed by atoms with Gasteiger partial charge in [-0.2, -0.15) is 0 Å². The Morgan fingerprint density at radius 3 is 1.95 bits per heavy atom. The van der Waals surface area contributed by atoms with E-state index in [1.807, 2.05) is 0 Å². The molecule has 0 N–H and O–H groups in total. The van der Waals surface area contributed by atoms with Gasteiger partial charge in [-0.05, 0) is 103 Å². The predicted octanol–water partition coefficient (Wildman–Crippen LogP) is 10.3. The standard InChI is InChI=1S/C37H30/c1-23-28-13-7-5-11-25(28)17-19-29(23)33-21-26-12-6-8-14-30(26)36(24(33)2)27-18-20-32-31-15-9-10-16-34(31)37(3,4)35(32)22-27/h5-22H,1-4H3. The highest BCUT2D eigenvalue weighted by Gasteiger charge is 2.35. The average Bonchev–Trinajstić information content (AvgIpc) is 3.15. The molecule has 0 amide bonds. The Morgan fingerprint density at radius 2 is 1.11 bits per heavy atom. The van der Waals surface area contributed by atoms with Gasteiger partial charge in [0, 0.05) is 5.41 Å². The molecule has 0 saturated carbocycles. The third kappa shape index (κ3) is 3.15. The number of hydrogen-bond donors (Lipinski definition) is 0. The number of rotatable bonds is 2. The van der Waals surface area contributed by atoms with Crippen LogP contribution in [-0.4, -0.2) is 0 Å². The highest BCUT2D eigenvalue weighted by atomic mass is 14.4. The Bertz CT molecular complexity index is 1870. The molecular formula is C37H30. The van der Waals surface area contributed by atoms with Crippen LogP contribution in [0.1, 0.15) is 36.1 Å². The SMILES string of the molecule is Cc1c(-c2ccc3ccccc3c2C)cc2ccccc2c1-c1ccc2c(c1)C(C)(C)c1ccccc1-2. The molecule has 0 saturated heterocycles. The van der Waals surface area contributed by atoms with Crippen LogP contribution in [0.2, 0.25) is 0 Å². The number of aryl methyl sites for hydroxylation is 1. The van der Waals surface area contributed by atoms with Crippen molar-refractivity contribution in [3.8, 4) is 33.4 Å². The monoisotopic (exact) mass is 474 g/mol. The summed E-state index contributed by atoms with van der Waals surface area (Å²) in [6.07, 6.45) is 0. The summed E-state index contributed by atoms with van der Waals surface area (Å²) < 4.78 is 0. The summed E-state index contributed by atoms with van der Waals surface area (Å²) in [4.78, 5) is 0. The molecule has 1 aliphatic carbocycles. The summed E-state index contributed by atoms with van der Waals surface area (Å²) in [5, 5.41) is 5.22. The van der Waals surface area contributed by atoms with Crippen LogP contribution in [-0.2, 0) is 5.41 Å². The van der Waals surface area contributed by atoms with E-state index in [1.165, 1.54) is 77.2 Å². The van der Waals surface area contributed by atoms with Crippen LogP contribution in [0.25, 0.3) is 54.9 Å². The van der Waals surface area contributed by atoms with Crippen LogP contribution in [0.3, 0.4) is 0 Å². The van der Waals surface area contributed by atoms with Crippen LogP contribution < -0.4 is 0 Å². The molecule has 0 radical (unpaired) electrons. The van der Waals surface area contributed by atoms with E-state index in [-0.39, 0.29) is 5.41 Å². The Balaban J connectivity index is 1.50. The fourth-order valence-corrected chi connectivity index (χ4v) is 6.68. The quantitative estimate of drug-likeness (QED) is 0.234. The van der Waals surface area contributed by atoms with Crippen LogP contribution >= 0.6 is 0 Å². The molecule has 0 bridgehead atoms. The fraction of sp³-hybridized carbons (Fsp3) is 0.135. The first-order valence-corrected chi connectivity index (χ1v) is 13.2. The van der Waals surface area contributed by atoms with E-state index < -0.39 is 0 Å². The lowest BCUT2D eigenvalue weighted by Crippen LogP contribution is -2.14. The average molecular weight is 475 g/mol. The highest BCUT2D eigenvalue weighted by molar-refractivity contribution is 6.04. The molecule has 0 atom stereocenters. The van der Waals surface area contributed by atoms with E-state index in [0.717, 1.165) is 0 Å². The Labute approximate surface area is 219 Å². The van der Waals surface area contributed by atoms with Gasteiger partial charge >= 0.3 is 0 Å². The zero-order chi connectivity index (χ0) is 25.3. The second kappa shape index (κ2) is 7.92. The van der Waals surface area contributed by atoms with Gasteiger partial charge in [-0.1, -0.05) is 111 Å². The smallest absolute Gasteiger partial charge is 0.0159 e. The van der Waals surface area contributed by atoms with Gasteiger partial charge < -0.3 is 0 Å². The summed E-state index contributed by atoms with van der Waals surface area (Å²) in [7, 11) is 0. The topological polar surface area (TPSA) is 0 Å². The lowest BCUT2D eigenvalue weighted by molar-refractivity contribution is 0.660. The molecule has 0 unspecified atom stereocenters.